The van der Waals surface area contributed by atoms with E-state index >= 15 is 0 Å². The second kappa shape index (κ2) is 8.72. The first-order valence-electron chi connectivity index (χ1n) is 11.2. The van der Waals surface area contributed by atoms with Crippen molar-refractivity contribution in [2.45, 2.75) is 0 Å². The second-order valence-corrected chi connectivity index (χ2v) is 8.09. The summed E-state index contributed by atoms with van der Waals surface area (Å²) in [6.45, 7) is 0. The number of anilines is 3. The van der Waals surface area contributed by atoms with E-state index < -0.39 is 0 Å². The van der Waals surface area contributed by atoms with E-state index in [4.69, 9.17) is 4.74 Å². The van der Waals surface area contributed by atoms with E-state index in [1.165, 1.54) is 0 Å². The molecule has 0 atom stereocenters. The van der Waals surface area contributed by atoms with Gasteiger partial charge in [-0.25, -0.2) is 4.98 Å². The fourth-order valence-corrected chi connectivity index (χ4v) is 3.95. The third-order valence-corrected chi connectivity index (χ3v) is 5.66. The molecule has 0 radical (unpaired) electrons. The molecule has 7 heteroatoms. The summed E-state index contributed by atoms with van der Waals surface area (Å²) in [7, 11) is 0. The molecule has 2 heterocycles. The average molecular weight is 460 g/mol. The highest BCUT2D eigenvalue weighted by Gasteiger charge is 2.12. The number of aromatic amines is 2. The summed E-state index contributed by atoms with van der Waals surface area (Å²) in [6, 6.07) is 30.3. The van der Waals surface area contributed by atoms with Crippen LogP contribution >= 0.6 is 0 Å². The molecular formula is C28H21N5O2. The molecule has 6 rings (SSSR count). The Morgan fingerprint density at radius 1 is 0.800 bits per heavy atom. The first-order valence-corrected chi connectivity index (χ1v) is 11.2. The second-order valence-electron chi connectivity index (χ2n) is 8.09. The highest BCUT2D eigenvalue weighted by atomic mass is 16.5. The van der Waals surface area contributed by atoms with E-state index in [1.807, 2.05) is 97.2 Å². The summed E-state index contributed by atoms with van der Waals surface area (Å²) in [5.74, 6) is 1.91. The Labute approximate surface area is 200 Å². The number of benzene rings is 4. The molecule has 0 saturated heterocycles. The minimum Gasteiger partial charge on any atom is -0.457 e. The van der Waals surface area contributed by atoms with Crippen LogP contribution in [0.3, 0.4) is 0 Å². The maximum atomic E-state index is 12.8. The van der Waals surface area contributed by atoms with Gasteiger partial charge in [0.1, 0.15) is 11.5 Å². The van der Waals surface area contributed by atoms with Crippen LogP contribution in [0.5, 0.6) is 11.5 Å². The maximum absolute atomic E-state index is 12.8. The lowest BCUT2D eigenvalue weighted by atomic mass is 10.1. The van der Waals surface area contributed by atoms with Crippen LogP contribution in [0.1, 0.15) is 10.4 Å². The molecule has 6 aromatic rings. The van der Waals surface area contributed by atoms with Crippen LogP contribution in [0.4, 0.5) is 17.3 Å². The van der Waals surface area contributed by atoms with Crippen molar-refractivity contribution in [3.05, 3.63) is 109 Å². The van der Waals surface area contributed by atoms with Crippen molar-refractivity contribution >= 4 is 45.2 Å². The number of nitrogens with zero attached hydrogens (tertiary/aromatic N) is 1. The molecule has 0 aliphatic carbocycles. The SMILES string of the molecule is O=C(Nc1ccccc1)c1ccc2[nH]cc(Nc3nc4cc(Oc5ccccc5)ccc4[nH]3)c2c1. The van der Waals surface area contributed by atoms with Gasteiger partial charge in [0.05, 0.1) is 16.7 Å². The molecule has 0 fully saturated rings. The molecule has 2 aromatic heterocycles. The summed E-state index contributed by atoms with van der Waals surface area (Å²) in [5.41, 5.74) is 4.71. The molecule has 7 nitrogen and oxygen atoms in total. The number of hydrogen-bond donors (Lipinski definition) is 4. The number of H-pyrrole nitrogens is 2. The molecule has 0 saturated carbocycles. The zero-order valence-electron chi connectivity index (χ0n) is 18.6. The summed E-state index contributed by atoms with van der Waals surface area (Å²) in [5, 5.41) is 7.14. The zero-order valence-corrected chi connectivity index (χ0v) is 18.6. The number of para-hydroxylation sites is 2. The topological polar surface area (TPSA) is 94.8 Å². The molecule has 4 aromatic carbocycles. The van der Waals surface area contributed by atoms with Crippen LogP contribution < -0.4 is 15.4 Å². The Hall–Kier alpha value is -5.04. The van der Waals surface area contributed by atoms with Crippen molar-refractivity contribution in [2.24, 2.45) is 0 Å². The van der Waals surface area contributed by atoms with E-state index in [1.54, 1.807) is 6.07 Å². The molecule has 0 aliphatic heterocycles. The van der Waals surface area contributed by atoms with Gasteiger partial charge in [-0.3, -0.25) is 4.79 Å². The number of carbonyl (C=O) groups excluding carboxylic acids is 1. The third-order valence-electron chi connectivity index (χ3n) is 5.66. The van der Waals surface area contributed by atoms with E-state index in [2.05, 4.69) is 25.6 Å². The Balaban J connectivity index is 1.24. The normalized spacial score (nSPS) is 11.0. The number of nitrogens with one attached hydrogen (secondary N) is 4. The highest BCUT2D eigenvalue weighted by molar-refractivity contribution is 6.07. The number of imidazole rings is 1. The predicted octanol–water partition coefficient (Wildman–Crippen LogP) is 6.83. The van der Waals surface area contributed by atoms with Crippen molar-refractivity contribution in [2.75, 3.05) is 10.6 Å². The summed E-state index contributed by atoms with van der Waals surface area (Å²) in [4.78, 5) is 24.0. The van der Waals surface area contributed by atoms with E-state index in [-0.39, 0.29) is 5.91 Å². The van der Waals surface area contributed by atoms with Gasteiger partial charge >= 0.3 is 0 Å². The largest absolute Gasteiger partial charge is 0.457 e. The predicted molar refractivity (Wildman–Crippen MR) is 139 cm³/mol. The van der Waals surface area contributed by atoms with Crippen LogP contribution in [0, 0.1) is 0 Å². The molecular weight excluding hydrogens is 438 g/mol. The van der Waals surface area contributed by atoms with Gasteiger partial charge in [0.15, 0.2) is 0 Å². The van der Waals surface area contributed by atoms with Crippen molar-refractivity contribution in [1.29, 1.82) is 0 Å². The van der Waals surface area contributed by atoms with Gasteiger partial charge in [0.2, 0.25) is 5.95 Å². The van der Waals surface area contributed by atoms with Crippen LogP contribution in [0.2, 0.25) is 0 Å². The number of ether oxygens (including phenoxy) is 1. The van der Waals surface area contributed by atoms with Gasteiger partial charge < -0.3 is 25.3 Å². The van der Waals surface area contributed by atoms with Crippen molar-refractivity contribution in [1.82, 2.24) is 15.0 Å². The molecule has 0 unspecified atom stereocenters. The lowest BCUT2D eigenvalue weighted by Gasteiger charge is -2.06. The Morgan fingerprint density at radius 3 is 2.40 bits per heavy atom. The van der Waals surface area contributed by atoms with Crippen molar-refractivity contribution < 1.29 is 9.53 Å². The number of aromatic nitrogens is 3. The maximum Gasteiger partial charge on any atom is 0.255 e. The first kappa shape index (κ1) is 20.6. The Morgan fingerprint density at radius 2 is 1.57 bits per heavy atom. The number of rotatable bonds is 6. The number of carbonyl (C=O) groups is 1. The smallest absolute Gasteiger partial charge is 0.255 e. The van der Waals surface area contributed by atoms with Gasteiger partial charge in [-0.1, -0.05) is 36.4 Å². The summed E-state index contributed by atoms with van der Waals surface area (Å²) < 4.78 is 5.92. The van der Waals surface area contributed by atoms with Gasteiger partial charge in [-0.15, -0.1) is 0 Å². The highest BCUT2D eigenvalue weighted by Crippen LogP contribution is 2.29. The molecule has 0 bridgehead atoms. The quantitative estimate of drug-likeness (QED) is 0.219. The molecule has 0 spiro atoms. The fourth-order valence-electron chi connectivity index (χ4n) is 3.95. The van der Waals surface area contributed by atoms with Crippen molar-refractivity contribution in [3.8, 4) is 11.5 Å². The fraction of sp³-hybridized carbons (Fsp3) is 0. The van der Waals surface area contributed by atoms with Crippen LogP contribution in [-0.2, 0) is 0 Å². The average Bonchev–Trinajstić information content (AvgIpc) is 3.48. The van der Waals surface area contributed by atoms with Gasteiger partial charge in [0.25, 0.3) is 5.91 Å². The lowest BCUT2D eigenvalue weighted by molar-refractivity contribution is 0.102. The van der Waals surface area contributed by atoms with Crippen LogP contribution in [0.15, 0.2) is 103 Å². The number of fused-ring (bicyclic) bond motifs is 2. The molecule has 170 valence electrons. The van der Waals surface area contributed by atoms with Crippen LogP contribution in [0.25, 0.3) is 21.9 Å². The monoisotopic (exact) mass is 459 g/mol. The standard InChI is InChI=1S/C28H21N5O2/c34-27(30-19-7-3-1-4-8-19)18-11-13-23-22(15-18)26(17-29-23)33-28-31-24-14-12-21(16-25(24)32-28)35-20-9-5-2-6-10-20/h1-17,29H,(H,30,34)(H2,31,32,33). The lowest BCUT2D eigenvalue weighted by Crippen LogP contribution is -2.11. The van der Waals surface area contributed by atoms with Crippen molar-refractivity contribution in [3.63, 3.8) is 0 Å². The van der Waals surface area contributed by atoms with Gasteiger partial charge in [0, 0.05) is 34.4 Å². The molecule has 4 N–H and O–H groups in total. The third kappa shape index (κ3) is 4.30. The number of amides is 1. The zero-order chi connectivity index (χ0) is 23.6. The van der Waals surface area contributed by atoms with E-state index in [0.717, 1.165) is 39.1 Å². The Kier molecular flexibility index (Phi) is 5.12. The molecule has 0 aliphatic rings. The van der Waals surface area contributed by atoms with E-state index in [0.29, 0.717) is 17.3 Å². The molecule has 1 amide bonds. The summed E-state index contributed by atoms with van der Waals surface area (Å²) in [6.07, 6.45) is 1.86. The minimum absolute atomic E-state index is 0.167. The first-order chi connectivity index (χ1) is 17.2. The minimum atomic E-state index is -0.167. The molecule has 35 heavy (non-hydrogen) atoms. The van der Waals surface area contributed by atoms with E-state index in [9.17, 15) is 4.79 Å². The number of hydrogen-bond acceptors (Lipinski definition) is 4. The Bertz CT molecular complexity index is 1640. The van der Waals surface area contributed by atoms with Gasteiger partial charge in [-0.2, -0.15) is 0 Å². The van der Waals surface area contributed by atoms with Gasteiger partial charge in [-0.05, 0) is 54.6 Å². The van der Waals surface area contributed by atoms with Crippen LogP contribution in [-0.4, -0.2) is 20.9 Å². The summed E-state index contributed by atoms with van der Waals surface area (Å²) >= 11 is 0.